The molecule has 0 heterocycles. The molecular formula is C4H4F2N2O4. The van der Waals surface area contributed by atoms with Crippen molar-refractivity contribution in [3.63, 3.8) is 0 Å². The second-order valence-electron chi connectivity index (χ2n) is 1.54. The lowest BCUT2D eigenvalue weighted by Gasteiger charge is -1.99. The Morgan fingerprint density at radius 3 is 1.83 bits per heavy atom. The third-order valence-corrected chi connectivity index (χ3v) is 0.860. The normalized spacial score (nSPS) is 13.6. The molecule has 3 N–H and O–H groups in total. The first-order valence-corrected chi connectivity index (χ1v) is 2.50. The first-order valence-electron chi connectivity index (χ1n) is 2.50. The van der Waals surface area contributed by atoms with Crippen LogP contribution in [0.4, 0.5) is 8.78 Å². The Bertz CT molecular complexity index is 237. The van der Waals surface area contributed by atoms with Crippen molar-refractivity contribution in [1.82, 2.24) is 0 Å². The molecule has 0 fully saturated rings. The van der Waals surface area contributed by atoms with Gasteiger partial charge in [0.15, 0.2) is 5.71 Å². The van der Waals surface area contributed by atoms with Crippen LogP contribution in [0.1, 0.15) is 0 Å². The van der Waals surface area contributed by atoms with E-state index in [4.69, 9.17) is 15.5 Å². The average molecular weight is 182 g/mol. The molecule has 0 aromatic heterocycles. The van der Waals surface area contributed by atoms with Crippen molar-refractivity contribution >= 4 is 17.4 Å². The molecule has 0 aliphatic heterocycles. The topological polar surface area (TPSA) is 102 Å². The molecule has 0 atom stereocenters. The van der Waals surface area contributed by atoms with Gasteiger partial charge in [-0.3, -0.25) is 0 Å². The zero-order valence-electron chi connectivity index (χ0n) is 5.48. The number of hydrogen-bond acceptors (Lipinski definition) is 5. The minimum absolute atomic E-state index is 1.40. The van der Waals surface area contributed by atoms with Gasteiger partial charge in [-0.15, -0.1) is 0 Å². The summed E-state index contributed by atoms with van der Waals surface area (Å²) in [7, 11) is 0. The van der Waals surface area contributed by atoms with Crippen LogP contribution < -0.4 is 0 Å². The van der Waals surface area contributed by atoms with Crippen molar-refractivity contribution in [3.8, 4) is 0 Å². The zero-order chi connectivity index (χ0) is 9.72. The van der Waals surface area contributed by atoms with Crippen LogP contribution in [0.2, 0.25) is 0 Å². The molecule has 0 aliphatic carbocycles. The maximum Gasteiger partial charge on any atom is 0.360 e. The molecule has 0 saturated carbocycles. The number of nitrogens with zero attached hydrogens (tertiary/aromatic N) is 2. The Labute approximate surface area is 64.4 Å². The summed E-state index contributed by atoms with van der Waals surface area (Å²) in [5, 5.41) is 27.9. The maximum atomic E-state index is 11.8. The van der Waals surface area contributed by atoms with E-state index in [0.29, 0.717) is 0 Å². The smallest absolute Gasteiger partial charge is 0.360 e. The summed E-state index contributed by atoms with van der Waals surface area (Å²) in [4.78, 5) is 10.0. The second-order valence-corrected chi connectivity index (χ2v) is 1.54. The summed E-state index contributed by atoms with van der Waals surface area (Å²) in [6, 6.07) is 0. The van der Waals surface area contributed by atoms with Gasteiger partial charge in [0.1, 0.15) is 0 Å². The number of carboxylic acids is 1. The predicted octanol–water partition coefficient (Wildman–Crippen LogP) is -0.00350. The number of rotatable bonds is 3. The molecular weight excluding hydrogens is 178 g/mol. The molecule has 0 unspecified atom stereocenters. The fourth-order valence-electron chi connectivity index (χ4n) is 0.398. The van der Waals surface area contributed by atoms with E-state index in [1.165, 1.54) is 0 Å². The molecule has 0 aliphatic rings. The van der Waals surface area contributed by atoms with Gasteiger partial charge in [-0.25, -0.2) is 13.6 Å². The highest BCUT2D eigenvalue weighted by molar-refractivity contribution is 6.65. The molecule has 12 heavy (non-hydrogen) atoms. The first kappa shape index (κ1) is 10.3. The van der Waals surface area contributed by atoms with Gasteiger partial charge in [0.2, 0.25) is 5.71 Å². The molecule has 0 rings (SSSR count). The van der Waals surface area contributed by atoms with E-state index in [9.17, 15) is 13.6 Å². The summed E-state index contributed by atoms with van der Waals surface area (Å²) in [5.74, 6) is -1.91. The van der Waals surface area contributed by atoms with Gasteiger partial charge in [-0.05, 0) is 0 Å². The van der Waals surface area contributed by atoms with Crippen LogP contribution in [0.3, 0.4) is 0 Å². The number of alkyl halides is 2. The standard InChI is InChI=1S/C4H4F2N2O4/c5-3(6)1(7-11)2(8-12)4(9)10/h3,11-12H,(H,9,10)/b7-1-,8-2-. The molecule has 0 saturated heterocycles. The minimum Gasteiger partial charge on any atom is -0.476 e. The molecule has 8 heteroatoms. The number of oxime groups is 2. The van der Waals surface area contributed by atoms with Crippen molar-refractivity contribution < 1.29 is 29.1 Å². The van der Waals surface area contributed by atoms with E-state index in [1.807, 2.05) is 10.3 Å². The Balaban J connectivity index is 4.85. The SMILES string of the molecule is O=C(O)C(=N\O)/C(=N/O)C(F)F. The van der Waals surface area contributed by atoms with Crippen LogP contribution in [0.25, 0.3) is 0 Å². The van der Waals surface area contributed by atoms with E-state index < -0.39 is 23.8 Å². The van der Waals surface area contributed by atoms with Crippen molar-refractivity contribution in [2.45, 2.75) is 6.43 Å². The predicted molar refractivity (Wildman–Crippen MR) is 32.1 cm³/mol. The fourth-order valence-corrected chi connectivity index (χ4v) is 0.398. The molecule has 0 spiro atoms. The van der Waals surface area contributed by atoms with Crippen LogP contribution >= 0.6 is 0 Å². The summed E-state index contributed by atoms with van der Waals surface area (Å²) in [6.45, 7) is 0. The van der Waals surface area contributed by atoms with Crippen molar-refractivity contribution in [2.75, 3.05) is 0 Å². The van der Waals surface area contributed by atoms with E-state index in [2.05, 4.69) is 0 Å². The summed E-state index contributed by atoms with van der Waals surface area (Å²) < 4.78 is 23.5. The lowest BCUT2D eigenvalue weighted by molar-refractivity contribution is -0.129. The highest BCUT2D eigenvalue weighted by Crippen LogP contribution is 1.99. The Morgan fingerprint density at radius 1 is 1.25 bits per heavy atom. The molecule has 68 valence electrons. The quantitative estimate of drug-likeness (QED) is 0.324. The lowest BCUT2D eigenvalue weighted by Crippen LogP contribution is -2.29. The molecule has 0 amide bonds. The molecule has 0 radical (unpaired) electrons. The highest BCUT2D eigenvalue weighted by Gasteiger charge is 2.26. The number of carboxylic acid groups (broad SMARTS) is 1. The molecule has 6 nitrogen and oxygen atoms in total. The molecule has 0 aromatic carbocycles. The van der Waals surface area contributed by atoms with Gasteiger partial charge in [-0.1, -0.05) is 10.3 Å². The van der Waals surface area contributed by atoms with Gasteiger partial charge in [0.05, 0.1) is 0 Å². The van der Waals surface area contributed by atoms with E-state index >= 15 is 0 Å². The Hall–Kier alpha value is -1.73. The van der Waals surface area contributed by atoms with Gasteiger partial charge < -0.3 is 15.5 Å². The van der Waals surface area contributed by atoms with Crippen molar-refractivity contribution in [1.29, 1.82) is 0 Å². The van der Waals surface area contributed by atoms with E-state index in [1.54, 1.807) is 0 Å². The van der Waals surface area contributed by atoms with Crippen LogP contribution in [0.5, 0.6) is 0 Å². The monoisotopic (exact) mass is 182 g/mol. The highest BCUT2D eigenvalue weighted by atomic mass is 19.3. The second kappa shape index (κ2) is 4.21. The molecule has 0 aromatic rings. The summed E-state index contributed by atoms with van der Waals surface area (Å²) in [6.07, 6.45) is -3.32. The minimum atomic E-state index is -3.32. The number of aliphatic carboxylic acids is 1. The summed E-state index contributed by atoms with van der Waals surface area (Å²) >= 11 is 0. The Morgan fingerprint density at radius 2 is 1.75 bits per heavy atom. The maximum absolute atomic E-state index is 11.8. The zero-order valence-corrected chi connectivity index (χ0v) is 5.48. The number of carbonyl (C=O) groups is 1. The van der Waals surface area contributed by atoms with Gasteiger partial charge in [-0.2, -0.15) is 0 Å². The van der Waals surface area contributed by atoms with Crippen LogP contribution in [0.15, 0.2) is 10.3 Å². The third-order valence-electron chi connectivity index (χ3n) is 0.860. The van der Waals surface area contributed by atoms with E-state index in [0.717, 1.165) is 0 Å². The van der Waals surface area contributed by atoms with Crippen molar-refractivity contribution in [3.05, 3.63) is 0 Å². The van der Waals surface area contributed by atoms with Crippen LogP contribution in [-0.2, 0) is 4.79 Å². The van der Waals surface area contributed by atoms with Gasteiger partial charge >= 0.3 is 5.97 Å². The Kier molecular flexibility index (Phi) is 3.60. The largest absolute Gasteiger partial charge is 0.476 e. The van der Waals surface area contributed by atoms with E-state index in [-0.39, 0.29) is 0 Å². The lowest BCUT2D eigenvalue weighted by atomic mass is 10.2. The fraction of sp³-hybridized carbons (Fsp3) is 0.250. The average Bonchev–Trinajstić information content (AvgIpc) is 1.98. The van der Waals surface area contributed by atoms with Crippen LogP contribution in [0, 0.1) is 0 Å². The van der Waals surface area contributed by atoms with Gasteiger partial charge in [0, 0.05) is 0 Å². The molecule has 0 bridgehead atoms. The third kappa shape index (κ3) is 2.15. The van der Waals surface area contributed by atoms with Gasteiger partial charge in [0.25, 0.3) is 6.43 Å². The number of hydrogen-bond donors (Lipinski definition) is 3. The van der Waals surface area contributed by atoms with Crippen molar-refractivity contribution in [2.24, 2.45) is 10.3 Å². The van der Waals surface area contributed by atoms with Crippen LogP contribution in [-0.4, -0.2) is 39.3 Å². The number of halogens is 2. The first-order chi connectivity index (χ1) is 5.54. The summed E-state index contributed by atoms with van der Waals surface area (Å²) in [5.41, 5.74) is -2.89.